The van der Waals surface area contributed by atoms with Crippen LogP contribution in [-0.4, -0.2) is 11.2 Å². The molecule has 0 aromatic heterocycles. The van der Waals surface area contributed by atoms with Gasteiger partial charge in [0.15, 0.2) is 0 Å². The van der Waals surface area contributed by atoms with E-state index in [9.17, 15) is 0 Å². The summed E-state index contributed by atoms with van der Waals surface area (Å²) in [6.07, 6.45) is 5.86. The summed E-state index contributed by atoms with van der Waals surface area (Å²) in [6.45, 7) is 6.46. The first-order valence-electron chi connectivity index (χ1n) is 4.88. The Bertz CT molecular complexity index is 72.9. The summed E-state index contributed by atoms with van der Waals surface area (Å²) in [4.78, 5) is 0. The quantitative estimate of drug-likeness (QED) is 0.574. The van der Waals surface area contributed by atoms with E-state index in [0.29, 0.717) is 0 Å². The topological polar surface area (TPSA) is 20.2 Å². The third-order valence-corrected chi connectivity index (χ3v) is 1.91. The first-order valence-corrected chi connectivity index (χ1v) is 4.88. The lowest BCUT2D eigenvalue weighted by atomic mass is 9.89. The number of aliphatic hydroxyl groups is 1. The van der Waals surface area contributed by atoms with E-state index in [0.717, 1.165) is 18.8 Å². The second-order valence-electron chi connectivity index (χ2n) is 3.63. The zero-order valence-electron chi connectivity index (χ0n) is 8.14. The van der Waals surface area contributed by atoms with Crippen molar-refractivity contribution in [3.63, 3.8) is 0 Å². The van der Waals surface area contributed by atoms with Crippen LogP contribution in [0.3, 0.4) is 0 Å². The molecule has 0 saturated heterocycles. The zero-order valence-corrected chi connectivity index (χ0v) is 8.14. The van der Waals surface area contributed by atoms with Crippen molar-refractivity contribution in [2.45, 2.75) is 59.0 Å². The number of hydrogen-bond donors (Lipinski definition) is 1. The Morgan fingerprint density at radius 3 is 2.09 bits per heavy atom. The molecule has 0 radical (unpaired) electrons. The second kappa shape index (κ2) is 6.66. The molecule has 11 heavy (non-hydrogen) atoms. The maximum absolute atomic E-state index is 9.08. The predicted molar refractivity (Wildman–Crippen MR) is 49.6 cm³/mol. The van der Waals surface area contributed by atoms with Gasteiger partial charge >= 0.3 is 0 Å². The van der Waals surface area contributed by atoms with Crippen LogP contribution in [0.2, 0.25) is 0 Å². The molecule has 1 aliphatic rings. The molecule has 0 aromatic carbocycles. The zero-order chi connectivity index (χ0) is 8.69. The SMILES string of the molecule is CCC.C[C@@H]1CCCC(O)C1. The van der Waals surface area contributed by atoms with Crippen LogP contribution in [0.4, 0.5) is 0 Å². The molecule has 1 unspecified atom stereocenters. The minimum absolute atomic E-state index is 0.0127. The summed E-state index contributed by atoms with van der Waals surface area (Å²) in [6, 6.07) is 0. The van der Waals surface area contributed by atoms with Crippen LogP contribution in [0.25, 0.3) is 0 Å². The average molecular weight is 158 g/mol. The highest BCUT2D eigenvalue weighted by Gasteiger charge is 2.15. The molecule has 68 valence electrons. The van der Waals surface area contributed by atoms with Gasteiger partial charge in [0.2, 0.25) is 0 Å². The summed E-state index contributed by atoms with van der Waals surface area (Å²) < 4.78 is 0. The summed E-state index contributed by atoms with van der Waals surface area (Å²) in [5, 5.41) is 9.08. The minimum atomic E-state index is 0.0127. The summed E-state index contributed by atoms with van der Waals surface area (Å²) >= 11 is 0. The van der Waals surface area contributed by atoms with E-state index >= 15 is 0 Å². The van der Waals surface area contributed by atoms with Crippen LogP contribution in [-0.2, 0) is 0 Å². The molecule has 1 rings (SSSR count). The Morgan fingerprint density at radius 1 is 1.27 bits per heavy atom. The van der Waals surface area contributed by atoms with Crippen LogP contribution in [0.5, 0.6) is 0 Å². The van der Waals surface area contributed by atoms with E-state index in [1.807, 2.05) is 0 Å². The number of rotatable bonds is 0. The van der Waals surface area contributed by atoms with Crippen LogP contribution in [0.15, 0.2) is 0 Å². The molecule has 1 aliphatic carbocycles. The van der Waals surface area contributed by atoms with Crippen LogP contribution in [0.1, 0.15) is 52.9 Å². The molecule has 0 aliphatic heterocycles. The highest BCUT2D eigenvalue weighted by atomic mass is 16.3. The molecule has 0 bridgehead atoms. The summed E-state index contributed by atoms with van der Waals surface area (Å²) in [7, 11) is 0. The molecule has 2 atom stereocenters. The van der Waals surface area contributed by atoms with Crippen LogP contribution >= 0.6 is 0 Å². The highest BCUT2D eigenvalue weighted by Crippen LogP contribution is 2.22. The van der Waals surface area contributed by atoms with Gasteiger partial charge in [-0.2, -0.15) is 0 Å². The van der Waals surface area contributed by atoms with Gasteiger partial charge in [0.1, 0.15) is 0 Å². The molecule has 1 saturated carbocycles. The first kappa shape index (κ1) is 11.0. The maximum Gasteiger partial charge on any atom is 0.0542 e. The minimum Gasteiger partial charge on any atom is -0.393 e. The number of hydrogen-bond acceptors (Lipinski definition) is 1. The van der Waals surface area contributed by atoms with Gasteiger partial charge in [-0.1, -0.05) is 40.0 Å². The predicted octanol–water partition coefficient (Wildman–Crippen LogP) is 2.97. The standard InChI is InChI=1S/C7H14O.C3H8/c1-6-3-2-4-7(8)5-6;1-3-2/h6-8H,2-5H2,1H3;3H2,1-2H3/t6-,7?;/m1./s1. The van der Waals surface area contributed by atoms with Crippen molar-refractivity contribution in [1.29, 1.82) is 0 Å². The van der Waals surface area contributed by atoms with Gasteiger partial charge in [-0.25, -0.2) is 0 Å². The van der Waals surface area contributed by atoms with Crippen molar-refractivity contribution < 1.29 is 5.11 Å². The van der Waals surface area contributed by atoms with Crippen molar-refractivity contribution in [2.24, 2.45) is 5.92 Å². The van der Waals surface area contributed by atoms with Gasteiger partial charge in [-0.05, 0) is 18.8 Å². The van der Waals surface area contributed by atoms with Crippen molar-refractivity contribution in [3.8, 4) is 0 Å². The summed E-state index contributed by atoms with van der Waals surface area (Å²) in [5.74, 6) is 0.763. The summed E-state index contributed by atoms with van der Waals surface area (Å²) in [5.41, 5.74) is 0. The Morgan fingerprint density at radius 2 is 1.82 bits per heavy atom. The number of aliphatic hydroxyl groups excluding tert-OH is 1. The third kappa shape index (κ3) is 6.36. The van der Waals surface area contributed by atoms with Gasteiger partial charge in [0.05, 0.1) is 6.10 Å². The van der Waals surface area contributed by atoms with E-state index in [2.05, 4.69) is 20.8 Å². The van der Waals surface area contributed by atoms with Crippen molar-refractivity contribution in [1.82, 2.24) is 0 Å². The monoisotopic (exact) mass is 158 g/mol. The van der Waals surface area contributed by atoms with Gasteiger partial charge in [0, 0.05) is 0 Å². The van der Waals surface area contributed by atoms with E-state index in [4.69, 9.17) is 5.11 Å². The maximum atomic E-state index is 9.08. The van der Waals surface area contributed by atoms with E-state index < -0.39 is 0 Å². The fourth-order valence-corrected chi connectivity index (χ4v) is 1.40. The fraction of sp³-hybridized carbons (Fsp3) is 1.00. The van der Waals surface area contributed by atoms with Crippen molar-refractivity contribution in [2.75, 3.05) is 0 Å². The molecule has 1 N–H and O–H groups in total. The smallest absolute Gasteiger partial charge is 0.0542 e. The van der Waals surface area contributed by atoms with Crippen molar-refractivity contribution >= 4 is 0 Å². The average Bonchev–Trinajstić information content (AvgIpc) is 1.88. The molecule has 0 heterocycles. The Hall–Kier alpha value is -0.0400. The molecule has 0 amide bonds. The van der Waals surface area contributed by atoms with Gasteiger partial charge in [0.25, 0.3) is 0 Å². The Balaban J connectivity index is 0.000000292. The molecule has 1 heteroatoms. The lowest BCUT2D eigenvalue weighted by molar-refractivity contribution is 0.106. The van der Waals surface area contributed by atoms with Gasteiger partial charge in [-0.3, -0.25) is 0 Å². The van der Waals surface area contributed by atoms with E-state index in [1.165, 1.54) is 19.3 Å². The molecule has 1 nitrogen and oxygen atoms in total. The Kier molecular flexibility index (Phi) is 6.63. The molecule has 1 fully saturated rings. The molecule has 0 spiro atoms. The van der Waals surface area contributed by atoms with Gasteiger partial charge in [-0.15, -0.1) is 0 Å². The molecular weight excluding hydrogens is 136 g/mol. The van der Waals surface area contributed by atoms with Crippen LogP contribution in [0, 0.1) is 5.92 Å². The Labute approximate surface area is 70.8 Å². The third-order valence-electron chi connectivity index (χ3n) is 1.91. The van der Waals surface area contributed by atoms with E-state index in [-0.39, 0.29) is 6.10 Å². The van der Waals surface area contributed by atoms with Crippen molar-refractivity contribution in [3.05, 3.63) is 0 Å². The normalized spacial score (nSPS) is 30.5. The fourth-order valence-electron chi connectivity index (χ4n) is 1.40. The highest BCUT2D eigenvalue weighted by molar-refractivity contribution is 4.67. The second-order valence-corrected chi connectivity index (χ2v) is 3.63. The molecule has 0 aromatic rings. The lowest BCUT2D eigenvalue weighted by Gasteiger charge is -2.21. The van der Waals surface area contributed by atoms with Crippen LogP contribution < -0.4 is 0 Å². The largest absolute Gasteiger partial charge is 0.393 e. The molecular formula is C10H22O. The lowest BCUT2D eigenvalue weighted by Crippen LogP contribution is -2.16. The first-order chi connectivity index (χ1) is 5.20. The van der Waals surface area contributed by atoms with Gasteiger partial charge < -0.3 is 5.11 Å². The van der Waals surface area contributed by atoms with E-state index in [1.54, 1.807) is 0 Å².